The predicted molar refractivity (Wildman–Crippen MR) is 68.2 cm³/mol. The van der Waals surface area contributed by atoms with Gasteiger partial charge in [-0.3, -0.25) is 0 Å². The Bertz CT molecular complexity index is 350. The maximum atomic E-state index is 2.48. The Labute approximate surface area is 99.1 Å². The average molecular weight is 213 g/mol. The quantitative estimate of drug-likeness (QED) is 0.678. The number of rotatable bonds is 2. The predicted octanol–water partition coefficient (Wildman–Crippen LogP) is 4.50. The van der Waals surface area contributed by atoms with E-state index in [4.69, 9.17) is 0 Å². The topological polar surface area (TPSA) is 0 Å². The molecule has 16 heavy (non-hydrogen) atoms. The molecular formula is C16H21. The highest BCUT2D eigenvalue weighted by Gasteiger charge is 2.45. The fourth-order valence-corrected chi connectivity index (χ4v) is 3.45. The largest absolute Gasteiger partial charge is 0.0622 e. The molecule has 0 nitrogen and oxygen atoms in total. The Morgan fingerprint density at radius 1 is 1.06 bits per heavy atom. The van der Waals surface area contributed by atoms with Gasteiger partial charge in [0.1, 0.15) is 0 Å². The van der Waals surface area contributed by atoms with Crippen LogP contribution < -0.4 is 0 Å². The molecule has 1 aromatic carbocycles. The van der Waals surface area contributed by atoms with Gasteiger partial charge >= 0.3 is 0 Å². The molecule has 0 amide bonds. The molecule has 0 saturated heterocycles. The first kappa shape index (κ1) is 10.4. The van der Waals surface area contributed by atoms with E-state index < -0.39 is 0 Å². The zero-order valence-corrected chi connectivity index (χ0v) is 10.2. The van der Waals surface area contributed by atoms with E-state index in [1.807, 2.05) is 5.92 Å². The van der Waals surface area contributed by atoms with Gasteiger partial charge in [0.15, 0.2) is 0 Å². The Kier molecular flexibility index (Phi) is 2.53. The highest BCUT2D eigenvalue weighted by Crippen LogP contribution is 2.55. The van der Waals surface area contributed by atoms with Gasteiger partial charge < -0.3 is 0 Å². The molecule has 0 aromatic heterocycles. The summed E-state index contributed by atoms with van der Waals surface area (Å²) < 4.78 is 0. The Hall–Kier alpha value is -0.780. The molecule has 0 heterocycles. The zero-order chi connectivity index (χ0) is 11.0. The van der Waals surface area contributed by atoms with Crippen LogP contribution in [-0.2, 0) is 5.41 Å². The van der Waals surface area contributed by atoms with Gasteiger partial charge in [0.2, 0.25) is 0 Å². The molecule has 2 saturated carbocycles. The van der Waals surface area contributed by atoms with E-state index in [2.05, 4.69) is 37.3 Å². The third-order valence-electron chi connectivity index (χ3n) is 4.56. The third kappa shape index (κ3) is 1.69. The molecule has 1 atom stereocenters. The lowest BCUT2D eigenvalue weighted by atomic mass is 9.62. The number of hydrogen-bond acceptors (Lipinski definition) is 0. The second-order valence-electron chi connectivity index (χ2n) is 5.70. The van der Waals surface area contributed by atoms with Crippen molar-refractivity contribution in [1.29, 1.82) is 0 Å². The molecular weight excluding hydrogens is 192 g/mol. The summed E-state index contributed by atoms with van der Waals surface area (Å²) in [5, 5.41) is 0. The SMILES string of the molecule is CC1(c2ccccc2)CCCC[C]1C1CC1. The van der Waals surface area contributed by atoms with E-state index in [0.29, 0.717) is 5.41 Å². The van der Waals surface area contributed by atoms with Crippen LogP contribution >= 0.6 is 0 Å². The molecule has 1 unspecified atom stereocenters. The Morgan fingerprint density at radius 3 is 2.50 bits per heavy atom. The van der Waals surface area contributed by atoms with Crippen LogP contribution in [0.1, 0.15) is 51.0 Å². The van der Waals surface area contributed by atoms with Crippen LogP contribution in [0.4, 0.5) is 0 Å². The van der Waals surface area contributed by atoms with Crippen molar-refractivity contribution in [3.8, 4) is 0 Å². The molecule has 2 fully saturated rings. The maximum absolute atomic E-state index is 2.48. The van der Waals surface area contributed by atoms with Crippen LogP contribution in [0, 0.1) is 11.8 Å². The lowest BCUT2D eigenvalue weighted by molar-refractivity contribution is 0.329. The molecule has 1 aromatic rings. The summed E-state index contributed by atoms with van der Waals surface area (Å²) in [6, 6.07) is 11.2. The van der Waals surface area contributed by atoms with Gasteiger partial charge in [0, 0.05) is 0 Å². The van der Waals surface area contributed by atoms with Crippen LogP contribution in [0.3, 0.4) is 0 Å². The van der Waals surface area contributed by atoms with Crippen LogP contribution in [0.25, 0.3) is 0 Å². The summed E-state index contributed by atoms with van der Waals surface area (Å²) in [7, 11) is 0. The second-order valence-corrected chi connectivity index (χ2v) is 5.70. The fourth-order valence-electron chi connectivity index (χ4n) is 3.45. The molecule has 0 aliphatic heterocycles. The summed E-state index contributed by atoms with van der Waals surface area (Å²) in [6.07, 6.45) is 8.49. The second kappa shape index (κ2) is 3.91. The molecule has 0 N–H and O–H groups in total. The number of benzene rings is 1. The highest BCUT2D eigenvalue weighted by molar-refractivity contribution is 5.35. The summed E-state index contributed by atoms with van der Waals surface area (Å²) in [4.78, 5) is 0. The van der Waals surface area contributed by atoms with E-state index >= 15 is 0 Å². The first-order valence-corrected chi connectivity index (χ1v) is 6.72. The van der Waals surface area contributed by atoms with Crippen molar-refractivity contribution in [3.05, 3.63) is 41.8 Å². The summed E-state index contributed by atoms with van der Waals surface area (Å²) >= 11 is 0. The minimum absolute atomic E-state index is 0.390. The molecule has 0 bridgehead atoms. The lowest BCUT2D eigenvalue weighted by Crippen LogP contribution is -2.34. The molecule has 2 aliphatic rings. The first-order chi connectivity index (χ1) is 7.81. The molecule has 2 aliphatic carbocycles. The Morgan fingerprint density at radius 2 is 1.81 bits per heavy atom. The summed E-state index contributed by atoms with van der Waals surface area (Å²) in [5.74, 6) is 2.83. The van der Waals surface area contributed by atoms with Gasteiger partial charge in [-0.2, -0.15) is 0 Å². The van der Waals surface area contributed by atoms with Gasteiger partial charge in [-0.15, -0.1) is 0 Å². The van der Waals surface area contributed by atoms with Crippen molar-refractivity contribution >= 4 is 0 Å². The monoisotopic (exact) mass is 213 g/mol. The average Bonchev–Trinajstić information content (AvgIpc) is 3.15. The standard InChI is InChI=1S/C16H21/c1-16(14-7-3-2-4-8-14)12-6-5-9-15(16)13-10-11-13/h2-4,7-8,13H,5-6,9-12H2,1H3. The maximum Gasteiger partial charge on any atom is -0.00105 e. The van der Waals surface area contributed by atoms with Gasteiger partial charge in [0.05, 0.1) is 0 Å². The first-order valence-electron chi connectivity index (χ1n) is 6.72. The van der Waals surface area contributed by atoms with Crippen molar-refractivity contribution < 1.29 is 0 Å². The van der Waals surface area contributed by atoms with Crippen molar-refractivity contribution in [2.45, 2.75) is 50.9 Å². The van der Waals surface area contributed by atoms with E-state index in [1.54, 1.807) is 5.56 Å². The van der Waals surface area contributed by atoms with Crippen LogP contribution in [0.5, 0.6) is 0 Å². The van der Waals surface area contributed by atoms with Crippen LogP contribution in [-0.4, -0.2) is 0 Å². The van der Waals surface area contributed by atoms with Gasteiger partial charge in [-0.25, -0.2) is 0 Å². The number of hydrogen-bond donors (Lipinski definition) is 0. The van der Waals surface area contributed by atoms with Crippen molar-refractivity contribution in [1.82, 2.24) is 0 Å². The molecule has 0 spiro atoms. The summed E-state index contributed by atoms with van der Waals surface area (Å²) in [6.45, 7) is 2.48. The van der Waals surface area contributed by atoms with E-state index in [1.165, 1.54) is 38.5 Å². The van der Waals surface area contributed by atoms with E-state index in [9.17, 15) is 0 Å². The van der Waals surface area contributed by atoms with E-state index in [0.717, 1.165) is 5.92 Å². The van der Waals surface area contributed by atoms with Gasteiger partial charge in [0.25, 0.3) is 0 Å². The molecule has 85 valence electrons. The summed E-state index contributed by atoms with van der Waals surface area (Å²) in [5.41, 5.74) is 1.94. The van der Waals surface area contributed by atoms with Crippen molar-refractivity contribution in [2.75, 3.05) is 0 Å². The molecule has 3 rings (SSSR count). The van der Waals surface area contributed by atoms with Crippen molar-refractivity contribution in [2.24, 2.45) is 5.92 Å². The highest BCUT2D eigenvalue weighted by atomic mass is 14.5. The fraction of sp³-hybridized carbons (Fsp3) is 0.562. The third-order valence-corrected chi connectivity index (χ3v) is 4.56. The minimum Gasteiger partial charge on any atom is -0.0622 e. The minimum atomic E-state index is 0.390. The van der Waals surface area contributed by atoms with Crippen LogP contribution in [0.15, 0.2) is 30.3 Å². The van der Waals surface area contributed by atoms with Gasteiger partial charge in [-0.1, -0.05) is 50.1 Å². The molecule has 1 radical (unpaired) electrons. The molecule has 0 heteroatoms. The van der Waals surface area contributed by atoms with E-state index in [-0.39, 0.29) is 0 Å². The lowest BCUT2D eigenvalue weighted by Gasteiger charge is -2.42. The Balaban J connectivity index is 1.93. The normalized spacial score (nSPS) is 31.6. The zero-order valence-electron chi connectivity index (χ0n) is 10.2. The van der Waals surface area contributed by atoms with Gasteiger partial charge in [-0.05, 0) is 48.5 Å². The van der Waals surface area contributed by atoms with Crippen LogP contribution in [0.2, 0.25) is 0 Å². The van der Waals surface area contributed by atoms with Crippen molar-refractivity contribution in [3.63, 3.8) is 0 Å². The smallest absolute Gasteiger partial charge is 0.00105 e.